The van der Waals surface area contributed by atoms with Crippen molar-refractivity contribution >= 4 is 29.4 Å². The van der Waals surface area contributed by atoms with Gasteiger partial charge in [0.15, 0.2) is 5.78 Å². The predicted molar refractivity (Wildman–Crippen MR) is 162 cm³/mol. The van der Waals surface area contributed by atoms with Gasteiger partial charge in [-0.2, -0.15) is 0 Å². The zero-order valence-electron chi connectivity index (χ0n) is 23.4. The number of unbranched alkanes of at least 4 members (excludes halogenated alkanes) is 7. The number of hydrogen-bond donors (Lipinski definition) is 0. The number of hydrogen-bond acceptors (Lipinski definition) is 5. The van der Waals surface area contributed by atoms with E-state index in [9.17, 15) is 14.4 Å². The van der Waals surface area contributed by atoms with E-state index in [4.69, 9.17) is 9.47 Å². The maximum Gasteiger partial charge on any atom is 0.258 e. The van der Waals surface area contributed by atoms with Crippen LogP contribution >= 0.6 is 0 Å². The molecule has 212 valence electrons. The van der Waals surface area contributed by atoms with E-state index in [2.05, 4.69) is 0 Å². The molecule has 0 N–H and O–H groups in total. The van der Waals surface area contributed by atoms with Gasteiger partial charge >= 0.3 is 0 Å². The van der Waals surface area contributed by atoms with Crippen molar-refractivity contribution < 1.29 is 23.9 Å². The zero-order chi connectivity index (χ0) is 28.7. The lowest BCUT2D eigenvalue weighted by molar-refractivity contribution is -0.119. The molecule has 0 radical (unpaired) electrons. The average Bonchev–Trinajstić information content (AvgIpc) is 3.35. The molecule has 3 aromatic rings. The molecule has 0 unspecified atom stereocenters. The molecule has 2 amide bonds. The summed E-state index contributed by atoms with van der Waals surface area (Å²) >= 11 is 0. The molecule has 41 heavy (non-hydrogen) atoms. The Bertz CT molecular complexity index is 1310. The van der Waals surface area contributed by atoms with Crippen molar-refractivity contribution in [1.82, 2.24) is 0 Å². The third-order valence-corrected chi connectivity index (χ3v) is 6.85. The van der Waals surface area contributed by atoms with Crippen LogP contribution in [0.25, 0.3) is 6.08 Å². The van der Waals surface area contributed by atoms with E-state index in [0.29, 0.717) is 24.5 Å². The minimum atomic E-state index is -0.317. The summed E-state index contributed by atoms with van der Waals surface area (Å²) in [6, 6.07) is 24.1. The van der Waals surface area contributed by atoms with Gasteiger partial charge in [-0.15, -0.1) is 0 Å². The van der Waals surface area contributed by atoms with Gasteiger partial charge in [0.2, 0.25) is 0 Å². The Labute approximate surface area is 242 Å². The topological polar surface area (TPSA) is 72.9 Å². The number of imide groups is 1. The molecule has 1 heterocycles. The summed E-state index contributed by atoms with van der Waals surface area (Å²) in [5.74, 6) is 0.954. The molecule has 4 rings (SSSR count). The second kappa shape index (κ2) is 16.0. The molecule has 0 saturated carbocycles. The van der Waals surface area contributed by atoms with E-state index in [1.807, 2.05) is 60.7 Å². The molecule has 0 atom stereocenters. The first-order chi connectivity index (χ1) is 20.1. The number of carbonyl (C=O) groups excluding carboxylic acids is 3. The molecular weight excluding hydrogens is 514 g/mol. The monoisotopic (exact) mass is 551 g/mol. The number of anilines is 1. The van der Waals surface area contributed by atoms with E-state index in [-0.39, 0.29) is 17.6 Å². The van der Waals surface area contributed by atoms with Gasteiger partial charge in [-0.25, -0.2) is 4.90 Å². The van der Waals surface area contributed by atoms with Gasteiger partial charge in [-0.05, 0) is 60.9 Å². The Kier molecular flexibility index (Phi) is 11.5. The van der Waals surface area contributed by atoms with Crippen LogP contribution in [0.5, 0.6) is 11.5 Å². The molecule has 0 spiro atoms. The number of ether oxygens (including phenoxy) is 2. The molecule has 0 fully saturated rings. The largest absolute Gasteiger partial charge is 0.494 e. The van der Waals surface area contributed by atoms with Crippen LogP contribution in [0.4, 0.5) is 5.69 Å². The lowest BCUT2D eigenvalue weighted by atomic mass is 10.1. The van der Waals surface area contributed by atoms with E-state index >= 15 is 0 Å². The fourth-order valence-electron chi connectivity index (χ4n) is 4.54. The van der Waals surface area contributed by atoms with Crippen molar-refractivity contribution in [3.63, 3.8) is 0 Å². The summed E-state index contributed by atoms with van der Waals surface area (Å²) in [5, 5.41) is 0. The minimum absolute atomic E-state index is 0.00468. The van der Waals surface area contributed by atoms with Crippen LogP contribution in [0.15, 0.2) is 97.1 Å². The third-order valence-electron chi connectivity index (χ3n) is 6.85. The van der Waals surface area contributed by atoms with Crippen molar-refractivity contribution in [2.75, 3.05) is 18.1 Å². The lowest BCUT2D eigenvalue weighted by Crippen LogP contribution is -2.29. The molecule has 1 aliphatic rings. The first-order valence-corrected chi connectivity index (χ1v) is 14.4. The number of allylic oxidation sites excluding steroid dienone is 1. The molecule has 0 aliphatic carbocycles. The van der Waals surface area contributed by atoms with Crippen LogP contribution in [0.1, 0.15) is 67.3 Å². The van der Waals surface area contributed by atoms with Gasteiger partial charge in [0.1, 0.15) is 11.5 Å². The Balaban J connectivity index is 0.977. The molecule has 0 aromatic heterocycles. The third kappa shape index (κ3) is 9.60. The van der Waals surface area contributed by atoms with Crippen LogP contribution in [0, 0.1) is 0 Å². The second-order valence-electron chi connectivity index (χ2n) is 10.00. The molecule has 0 saturated heterocycles. The van der Waals surface area contributed by atoms with Gasteiger partial charge in [0, 0.05) is 17.7 Å². The van der Waals surface area contributed by atoms with Gasteiger partial charge in [-0.3, -0.25) is 14.4 Å². The number of rotatable bonds is 17. The summed E-state index contributed by atoms with van der Waals surface area (Å²) < 4.78 is 11.7. The quantitative estimate of drug-likeness (QED) is 0.0748. The normalized spacial score (nSPS) is 12.8. The minimum Gasteiger partial charge on any atom is -0.494 e. The SMILES string of the molecule is O=C(C=Cc1ccc(OCCCCCCCCCCOc2ccc(N3C(=O)C=CC3=O)cc2)cc1)c1ccccc1. The fourth-order valence-corrected chi connectivity index (χ4v) is 4.54. The van der Waals surface area contributed by atoms with E-state index < -0.39 is 0 Å². The summed E-state index contributed by atoms with van der Waals surface area (Å²) in [4.78, 5) is 36.8. The van der Waals surface area contributed by atoms with E-state index in [0.717, 1.165) is 47.6 Å². The highest BCUT2D eigenvalue weighted by atomic mass is 16.5. The summed E-state index contributed by atoms with van der Waals surface area (Å²) in [6.07, 6.45) is 15.2. The molecule has 3 aromatic carbocycles. The number of carbonyl (C=O) groups is 3. The Morgan fingerprint density at radius 2 is 1.10 bits per heavy atom. The highest BCUT2D eigenvalue weighted by Crippen LogP contribution is 2.22. The molecular formula is C35H37NO5. The first-order valence-electron chi connectivity index (χ1n) is 14.4. The van der Waals surface area contributed by atoms with Crippen LogP contribution in [-0.2, 0) is 9.59 Å². The molecule has 6 heteroatoms. The Morgan fingerprint density at radius 3 is 1.63 bits per heavy atom. The standard InChI is InChI=1S/C35H37NO5/c37-33(29-12-8-7-9-13-29)23-16-28-14-19-31(20-15-28)40-26-10-5-3-1-2-4-6-11-27-41-32-21-17-30(18-22-32)36-34(38)24-25-35(36)39/h7-9,12-25H,1-6,10-11,26-27H2. The second-order valence-corrected chi connectivity index (χ2v) is 10.00. The average molecular weight is 552 g/mol. The predicted octanol–water partition coefficient (Wildman–Crippen LogP) is 7.59. The fraction of sp³-hybridized carbons (Fsp3) is 0.286. The van der Waals surface area contributed by atoms with E-state index in [1.165, 1.54) is 37.8 Å². The van der Waals surface area contributed by atoms with Gasteiger partial charge in [0.25, 0.3) is 11.8 Å². The highest BCUT2D eigenvalue weighted by molar-refractivity contribution is 6.28. The summed E-state index contributed by atoms with van der Waals surface area (Å²) in [6.45, 7) is 1.37. The molecule has 0 bridgehead atoms. The number of ketones is 1. The first kappa shape index (κ1) is 29.5. The Hall–Kier alpha value is -4.45. The van der Waals surface area contributed by atoms with Crippen LogP contribution in [-0.4, -0.2) is 30.8 Å². The molecule has 6 nitrogen and oxygen atoms in total. The van der Waals surface area contributed by atoms with Crippen LogP contribution < -0.4 is 14.4 Å². The molecule has 1 aliphatic heterocycles. The summed E-state index contributed by atoms with van der Waals surface area (Å²) in [7, 11) is 0. The van der Waals surface area contributed by atoms with Crippen LogP contribution in [0.3, 0.4) is 0 Å². The van der Waals surface area contributed by atoms with Gasteiger partial charge in [-0.1, -0.05) is 87.1 Å². The maximum absolute atomic E-state index is 12.2. The summed E-state index contributed by atoms with van der Waals surface area (Å²) in [5.41, 5.74) is 2.21. The van der Waals surface area contributed by atoms with Crippen molar-refractivity contribution in [2.45, 2.75) is 51.4 Å². The number of nitrogens with zero attached hydrogens (tertiary/aromatic N) is 1. The van der Waals surface area contributed by atoms with E-state index in [1.54, 1.807) is 30.3 Å². The van der Waals surface area contributed by atoms with Crippen molar-refractivity contribution in [2.24, 2.45) is 0 Å². The number of benzene rings is 3. The zero-order valence-corrected chi connectivity index (χ0v) is 23.4. The van der Waals surface area contributed by atoms with Crippen LogP contribution in [0.2, 0.25) is 0 Å². The maximum atomic E-state index is 12.2. The van der Waals surface area contributed by atoms with Crippen molar-refractivity contribution in [3.8, 4) is 11.5 Å². The van der Waals surface area contributed by atoms with Gasteiger partial charge in [0.05, 0.1) is 18.9 Å². The Morgan fingerprint density at radius 1 is 0.610 bits per heavy atom. The van der Waals surface area contributed by atoms with Gasteiger partial charge < -0.3 is 9.47 Å². The number of amides is 2. The lowest BCUT2D eigenvalue weighted by Gasteiger charge is -2.14. The highest BCUT2D eigenvalue weighted by Gasteiger charge is 2.24. The van der Waals surface area contributed by atoms with Crippen molar-refractivity contribution in [3.05, 3.63) is 108 Å². The van der Waals surface area contributed by atoms with Crippen molar-refractivity contribution in [1.29, 1.82) is 0 Å². The smallest absolute Gasteiger partial charge is 0.258 e.